The molecule has 5 heteroatoms. The fourth-order valence-corrected chi connectivity index (χ4v) is 4.06. The molecule has 1 N–H and O–H groups in total. The predicted molar refractivity (Wildman–Crippen MR) is 128 cm³/mol. The van der Waals surface area contributed by atoms with Crippen molar-refractivity contribution in [1.82, 2.24) is 5.32 Å². The molecular formula is C25H36N2O2S. The molecule has 1 amide bonds. The summed E-state index contributed by atoms with van der Waals surface area (Å²) < 4.78 is 0. The first kappa shape index (κ1) is 24.1. The fraction of sp³-hybridized carbons (Fsp3) is 0.520. The van der Waals surface area contributed by atoms with Crippen LogP contribution in [0.15, 0.2) is 46.9 Å². The standard InChI is InChI=1S/C25H36N2O2S/c1-3-4-5-6-7-8-9-10-11-12-18-26-25(28)29-27-21(2)22-15-13-16-23(20-22)24-17-14-19-30-24/h13-17,19-20H,3-12,18H2,1-2H3,(H,26,28)/b27-21-. The van der Waals surface area contributed by atoms with E-state index in [1.807, 2.05) is 25.1 Å². The monoisotopic (exact) mass is 428 g/mol. The van der Waals surface area contributed by atoms with E-state index in [9.17, 15) is 4.79 Å². The first-order chi connectivity index (χ1) is 14.7. The Balaban J connectivity index is 1.58. The van der Waals surface area contributed by atoms with Crippen molar-refractivity contribution in [1.29, 1.82) is 0 Å². The van der Waals surface area contributed by atoms with Crippen molar-refractivity contribution in [2.24, 2.45) is 5.16 Å². The molecule has 30 heavy (non-hydrogen) atoms. The summed E-state index contributed by atoms with van der Waals surface area (Å²) in [7, 11) is 0. The van der Waals surface area contributed by atoms with Gasteiger partial charge in [0.25, 0.3) is 0 Å². The topological polar surface area (TPSA) is 50.7 Å². The molecule has 1 heterocycles. The van der Waals surface area contributed by atoms with Crippen LogP contribution in [0.4, 0.5) is 4.79 Å². The van der Waals surface area contributed by atoms with Crippen LogP contribution in [0.1, 0.15) is 83.6 Å². The second-order valence-electron chi connectivity index (χ2n) is 7.72. The van der Waals surface area contributed by atoms with E-state index < -0.39 is 6.09 Å². The Morgan fingerprint density at radius 2 is 1.67 bits per heavy atom. The molecule has 2 aromatic rings. The number of hydrogen-bond donors (Lipinski definition) is 1. The molecule has 0 radical (unpaired) electrons. The second-order valence-corrected chi connectivity index (χ2v) is 8.67. The molecule has 1 aromatic heterocycles. The maximum Gasteiger partial charge on any atom is 0.433 e. The number of hydrogen-bond acceptors (Lipinski definition) is 4. The summed E-state index contributed by atoms with van der Waals surface area (Å²) in [6.07, 6.45) is 12.3. The minimum Gasteiger partial charge on any atom is -0.320 e. The summed E-state index contributed by atoms with van der Waals surface area (Å²) in [5, 5.41) is 8.84. The van der Waals surface area contributed by atoms with Crippen LogP contribution < -0.4 is 5.32 Å². The number of rotatable bonds is 14. The summed E-state index contributed by atoms with van der Waals surface area (Å²) in [6.45, 7) is 4.74. The Bertz CT molecular complexity index is 756. The number of amides is 1. The van der Waals surface area contributed by atoms with Crippen molar-refractivity contribution < 1.29 is 9.63 Å². The lowest BCUT2D eigenvalue weighted by atomic mass is 10.1. The molecule has 0 aliphatic carbocycles. The summed E-state index contributed by atoms with van der Waals surface area (Å²) in [4.78, 5) is 18.1. The van der Waals surface area contributed by atoms with Gasteiger partial charge < -0.3 is 5.32 Å². The number of thiophene rings is 1. The quantitative estimate of drug-likeness (QED) is 0.144. The summed E-state index contributed by atoms with van der Waals surface area (Å²) in [5.74, 6) is 0. The highest BCUT2D eigenvalue weighted by atomic mass is 32.1. The lowest BCUT2D eigenvalue weighted by Crippen LogP contribution is -2.24. The maximum absolute atomic E-state index is 11.9. The van der Waals surface area contributed by atoms with Crippen molar-refractivity contribution >= 4 is 23.1 Å². The largest absolute Gasteiger partial charge is 0.433 e. The zero-order valence-electron chi connectivity index (χ0n) is 18.5. The Morgan fingerprint density at radius 3 is 2.33 bits per heavy atom. The molecule has 0 bridgehead atoms. The molecular weight excluding hydrogens is 392 g/mol. The molecule has 164 valence electrons. The number of carbonyl (C=O) groups is 1. The van der Waals surface area contributed by atoms with E-state index in [0.29, 0.717) is 12.3 Å². The third kappa shape index (κ3) is 9.57. The number of nitrogens with one attached hydrogen (secondary N) is 1. The highest BCUT2D eigenvalue weighted by molar-refractivity contribution is 7.13. The third-order valence-corrected chi connectivity index (χ3v) is 6.07. The SMILES string of the molecule is CCCCCCCCCCCCNC(=O)O/N=C(/C)c1cccc(-c2cccs2)c1. The Labute approximate surface area is 185 Å². The van der Waals surface area contributed by atoms with E-state index in [0.717, 1.165) is 24.0 Å². The highest BCUT2D eigenvalue weighted by Crippen LogP contribution is 2.25. The van der Waals surface area contributed by atoms with Crippen LogP contribution in [0.2, 0.25) is 0 Å². The average molecular weight is 429 g/mol. The minimum atomic E-state index is -0.486. The van der Waals surface area contributed by atoms with Gasteiger partial charge >= 0.3 is 6.09 Å². The van der Waals surface area contributed by atoms with Crippen LogP contribution in [0, 0.1) is 0 Å². The Morgan fingerprint density at radius 1 is 0.967 bits per heavy atom. The van der Waals surface area contributed by atoms with Gasteiger partial charge in [-0.15, -0.1) is 11.3 Å². The summed E-state index contributed by atoms with van der Waals surface area (Å²) in [6, 6.07) is 12.2. The van der Waals surface area contributed by atoms with E-state index in [-0.39, 0.29) is 0 Å². The zero-order chi connectivity index (χ0) is 21.4. The van der Waals surface area contributed by atoms with Gasteiger partial charge in [-0.25, -0.2) is 4.79 Å². The number of nitrogens with zero attached hydrogens (tertiary/aromatic N) is 1. The number of carbonyl (C=O) groups excluding carboxylic acids is 1. The third-order valence-electron chi connectivity index (χ3n) is 5.15. The van der Waals surface area contributed by atoms with Crippen molar-refractivity contribution in [2.75, 3.05) is 6.54 Å². The molecule has 4 nitrogen and oxygen atoms in total. The molecule has 1 aromatic carbocycles. The highest BCUT2D eigenvalue weighted by Gasteiger charge is 2.05. The molecule has 0 saturated carbocycles. The van der Waals surface area contributed by atoms with Gasteiger partial charge in [0.15, 0.2) is 0 Å². The van der Waals surface area contributed by atoms with Gasteiger partial charge in [0.2, 0.25) is 0 Å². The van der Waals surface area contributed by atoms with Crippen molar-refractivity contribution in [3.05, 3.63) is 47.3 Å². The smallest absolute Gasteiger partial charge is 0.320 e. The predicted octanol–water partition coefficient (Wildman–Crippen LogP) is 7.79. The van der Waals surface area contributed by atoms with E-state index in [2.05, 4.69) is 41.0 Å². The lowest BCUT2D eigenvalue weighted by Gasteiger charge is -2.05. The molecule has 0 atom stereocenters. The van der Waals surface area contributed by atoms with E-state index in [1.165, 1.54) is 56.2 Å². The summed E-state index contributed by atoms with van der Waals surface area (Å²) in [5.41, 5.74) is 2.77. The molecule has 0 unspecified atom stereocenters. The average Bonchev–Trinajstić information content (AvgIpc) is 3.31. The van der Waals surface area contributed by atoms with Crippen LogP contribution in [0.5, 0.6) is 0 Å². The zero-order valence-corrected chi connectivity index (χ0v) is 19.3. The molecule has 0 aliphatic rings. The fourth-order valence-electron chi connectivity index (χ4n) is 3.34. The second kappa shape index (κ2) is 14.8. The number of benzene rings is 1. The number of oxime groups is 1. The first-order valence-electron chi connectivity index (χ1n) is 11.3. The van der Waals surface area contributed by atoms with Gasteiger partial charge in [0.05, 0.1) is 5.71 Å². The van der Waals surface area contributed by atoms with Crippen LogP contribution in [-0.2, 0) is 4.84 Å². The Kier molecular flexibility index (Phi) is 11.9. The normalized spacial score (nSPS) is 11.5. The lowest BCUT2D eigenvalue weighted by molar-refractivity contribution is 0.150. The molecule has 0 fully saturated rings. The van der Waals surface area contributed by atoms with Crippen molar-refractivity contribution in [2.45, 2.75) is 78.1 Å². The molecule has 0 spiro atoms. The van der Waals surface area contributed by atoms with Crippen molar-refractivity contribution in [3.63, 3.8) is 0 Å². The minimum absolute atomic E-state index is 0.486. The van der Waals surface area contributed by atoms with Crippen LogP contribution in [0.25, 0.3) is 10.4 Å². The van der Waals surface area contributed by atoms with Gasteiger partial charge in [-0.2, -0.15) is 0 Å². The van der Waals surface area contributed by atoms with Gasteiger partial charge in [-0.3, -0.25) is 4.84 Å². The first-order valence-corrected chi connectivity index (χ1v) is 12.2. The van der Waals surface area contributed by atoms with Gasteiger partial charge in [0, 0.05) is 11.4 Å². The van der Waals surface area contributed by atoms with E-state index >= 15 is 0 Å². The molecule has 0 aliphatic heterocycles. The summed E-state index contributed by atoms with van der Waals surface area (Å²) >= 11 is 1.70. The molecule has 2 rings (SSSR count). The van der Waals surface area contributed by atoms with Crippen LogP contribution in [0.3, 0.4) is 0 Å². The van der Waals surface area contributed by atoms with Gasteiger partial charge in [-0.1, -0.05) is 94.1 Å². The van der Waals surface area contributed by atoms with Gasteiger partial charge in [0.1, 0.15) is 0 Å². The van der Waals surface area contributed by atoms with Crippen molar-refractivity contribution in [3.8, 4) is 10.4 Å². The van der Waals surface area contributed by atoms with Gasteiger partial charge in [-0.05, 0) is 42.0 Å². The Hall–Kier alpha value is -2.14. The number of unbranched alkanes of at least 4 members (excludes halogenated alkanes) is 9. The van der Waals surface area contributed by atoms with E-state index in [4.69, 9.17) is 4.84 Å². The maximum atomic E-state index is 11.9. The van der Waals surface area contributed by atoms with E-state index in [1.54, 1.807) is 11.3 Å². The molecule has 0 saturated heterocycles. The van der Waals surface area contributed by atoms with Crippen LogP contribution >= 0.6 is 11.3 Å². The van der Waals surface area contributed by atoms with Crippen LogP contribution in [-0.4, -0.2) is 18.3 Å².